The third kappa shape index (κ3) is 4.32. The van der Waals surface area contributed by atoms with Crippen LogP contribution in [-0.4, -0.2) is 22.3 Å². The summed E-state index contributed by atoms with van der Waals surface area (Å²) in [6.45, 7) is 0. The average Bonchev–Trinajstić information content (AvgIpc) is 3.37. The molecule has 0 aliphatic heterocycles. The summed E-state index contributed by atoms with van der Waals surface area (Å²) in [5.74, 6) is 1.15. The Kier molecular flexibility index (Phi) is 5.54. The highest BCUT2D eigenvalue weighted by Gasteiger charge is 2.13. The van der Waals surface area contributed by atoms with Gasteiger partial charge in [-0.15, -0.1) is 21.5 Å². The van der Waals surface area contributed by atoms with Crippen molar-refractivity contribution < 1.29 is 13.5 Å². The molecule has 4 rings (SSSR count). The monoisotopic (exact) mass is 414 g/mol. The zero-order chi connectivity index (χ0) is 19.3. The zero-order valence-electron chi connectivity index (χ0n) is 14.8. The van der Waals surface area contributed by atoms with Crippen molar-refractivity contribution in [1.29, 1.82) is 0 Å². The highest BCUT2D eigenvalue weighted by atomic mass is 32.2. The standard InChI is InChI=1S/C19H15FN4O2S2/c1-25-14-8-6-12(7-9-14)21-18-22-13(10-27-18)11-28-19-24-23-17(26-19)15-4-2-3-5-16(15)20/h2-10H,11H2,1H3,(H,21,22). The number of hydrogen-bond donors (Lipinski definition) is 1. The zero-order valence-corrected chi connectivity index (χ0v) is 16.4. The van der Waals surface area contributed by atoms with Gasteiger partial charge in [-0.25, -0.2) is 9.37 Å². The van der Waals surface area contributed by atoms with E-state index in [-0.39, 0.29) is 5.89 Å². The van der Waals surface area contributed by atoms with Crippen LogP contribution in [0.2, 0.25) is 0 Å². The normalized spacial score (nSPS) is 10.8. The molecule has 1 N–H and O–H groups in total. The van der Waals surface area contributed by atoms with E-state index in [4.69, 9.17) is 9.15 Å². The molecule has 142 valence electrons. The Morgan fingerprint density at radius 1 is 1.14 bits per heavy atom. The lowest BCUT2D eigenvalue weighted by molar-refractivity contribution is 0.415. The molecule has 4 aromatic rings. The molecule has 0 bridgehead atoms. The van der Waals surface area contributed by atoms with Gasteiger partial charge in [0.15, 0.2) is 5.13 Å². The Balaban J connectivity index is 1.36. The van der Waals surface area contributed by atoms with Crippen LogP contribution in [0.3, 0.4) is 0 Å². The maximum absolute atomic E-state index is 13.8. The van der Waals surface area contributed by atoms with E-state index in [9.17, 15) is 4.39 Å². The van der Waals surface area contributed by atoms with Crippen LogP contribution in [0.5, 0.6) is 5.75 Å². The van der Waals surface area contributed by atoms with Gasteiger partial charge >= 0.3 is 0 Å². The molecule has 0 amide bonds. The number of anilines is 2. The molecule has 0 aliphatic carbocycles. The molecule has 2 heterocycles. The molecule has 28 heavy (non-hydrogen) atoms. The first-order chi connectivity index (χ1) is 13.7. The fourth-order valence-electron chi connectivity index (χ4n) is 2.38. The Morgan fingerprint density at radius 3 is 2.75 bits per heavy atom. The number of thiazole rings is 1. The number of halogens is 1. The van der Waals surface area contributed by atoms with Crippen molar-refractivity contribution >= 4 is 33.9 Å². The predicted octanol–water partition coefficient (Wildman–Crippen LogP) is 5.38. The van der Waals surface area contributed by atoms with Crippen molar-refractivity contribution in [2.24, 2.45) is 0 Å². The summed E-state index contributed by atoms with van der Waals surface area (Å²) in [7, 11) is 1.63. The minimum Gasteiger partial charge on any atom is -0.497 e. The topological polar surface area (TPSA) is 73.1 Å². The van der Waals surface area contributed by atoms with Gasteiger partial charge in [-0.1, -0.05) is 23.9 Å². The first-order valence-corrected chi connectivity index (χ1v) is 10.1. The summed E-state index contributed by atoms with van der Waals surface area (Å²) < 4.78 is 24.5. The number of thioether (sulfide) groups is 1. The van der Waals surface area contributed by atoms with Crippen LogP contribution in [0, 0.1) is 5.82 Å². The lowest BCUT2D eigenvalue weighted by Gasteiger charge is -2.03. The molecule has 0 saturated heterocycles. The van der Waals surface area contributed by atoms with Crippen molar-refractivity contribution in [1.82, 2.24) is 15.2 Å². The quantitative estimate of drug-likeness (QED) is 0.407. The molecule has 0 spiro atoms. The first kappa shape index (κ1) is 18.5. The number of nitrogens with zero attached hydrogens (tertiary/aromatic N) is 3. The third-order valence-electron chi connectivity index (χ3n) is 3.75. The van der Waals surface area contributed by atoms with Crippen LogP contribution >= 0.6 is 23.1 Å². The van der Waals surface area contributed by atoms with E-state index in [0.717, 1.165) is 22.3 Å². The van der Waals surface area contributed by atoms with E-state index in [1.807, 2.05) is 29.6 Å². The van der Waals surface area contributed by atoms with E-state index < -0.39 is 5.82 Å². The van der Waals surface area contributed by atoms with Crippen LogP contribution in [-0.2, 0) is 5.75 Å². The Bertz CT molecular complexity index is 1070. The second-order valence-corrected chi connectivity index (χ2v) is 7.42. The van der Waals surface area contributed by atoms with Crippen molar-refractivity contribution in [2.45, 2.75) is 11.0 Å². The second kappa shape index (κ2) is 8.41. The van der Waals surface area contributed by atoms with Crippen molar-refractivity contribution in [2.75, 3.05) is 12.4 Å². The Morgan fingerprint density at radius 2 is 1.96 bits per heavy atom. The fourth-order valence-corrected chi connectivity index (χ4v) is 3.87. The van der Waals surface area contributed by atoms with Gasteiger partial charge in [0.1, 0.15) is 11.6 Å². The molecule has 0 unspecified atom stereocenters. The number of methoxy groups -OCH3 is 1. The molecule has 0 radical (unpaired) electrons. The van der Waals surface area contributed by atoms with Crippen LogP contribution in [0.1, 0.15) is 5.69 Å². The van der Waals surface area contributed by atoms with Crippen LogP contribution < -0.4 is 10.1 Å². The number of rotatable bonds is 7. The summed E-state index contributed by atoms with van der Waals surface area (Å²) in [6.07, 6.45) is 0. The van der Waals surface area contributed by atoms with Crippen LogP contribution in [0.25, 0.3) is 11.5 Å². The maximum Gasteiger partial charge on any atom is 0.277 e. The molecular formula is C19H15FN4O2S2. The van der Waals surface area contributed by atoms with Gasteiger partial charge in [-0.2, -0.15) is 0 Å². The molecular weight excluding hydrogens is 399 g/mol. The van der Waals surface area contributed by atoms with E-state index in [1.165, 1.54) is 29.2 Å². The molecule has 0 aliphatic rings. The summed E-state index contributed by atoms with van der Waals surface area (Å²) in [6, 6.07) is 13.9. The number of benzene rings is 2. The molecule has 2 aromatic heterocycles. The van der Waals surface area contributed by atoms with Crippen molar-refractivity contribution in [3.8, 4) is 17.2 Å². The number of aromatic nitrogens is 3. The third-order valence-corrected chi connectivity index (χ3v) is 5.41. The predicted molar refractivity (Wildman–Crippen MR) is 108 cm³/mol. The van der Waals surface area contributed by atoms with E-state index in [2.05, 4.69) is 20.5 Å². The largest absolute Gasteiger partial charge is 0.497 e. The summed E-state index contributed by atoms with van der Waals surface area (Å²) in [5, 5.41) is 14.3. The van der Waals surface area contributed by atoms with Crippen LogP contribution in [0.4, 0.5) is 15.2 Å². The molecule has 2 aromatic carbocycles. The maximum atomic E-state index is 13.8. The summed E-state index contributed by atoms with van der Waals surface area (Å²) in [4.78, 5) is 4.55. The van der Waals surface area contributed by atoms with Crippen molar-refractivity contribution in [3.05, 3.63) is 65.4 Å². The van der Waals surface area contributed by atoms with E-state index >= 15 is 0 Å². The number of hydrogen-bond acceptors (Lipinski definition) is 8. The summed E-state index contributed by atoms with van der Waals surface area (Å²) in [5.41, 5.74) is 2.11. The smallest absolute Gasteiger partial charge is 0.277 e. The summed E-state index contributed by atoms with van der Waals surface area (Å²) >= 11 is 2.87. The van der Waals surface area contributed by atoms with E-state index in [0.29, 0.717) is 16.5 Å². The molecule has 9 heteroatoms. The van der Waals surface area contributed by atoms with Gasteiger partial charge in [0.05, 0.1) is 18.4 Å². The minimum atomic E-state index is -0.392. The lowest BCUT2D eigenvalue weighted by atomic mass is 10.2. The average molecular weight is 414 g/mol. The van der Waals surface area contributed by atoms with Gasteiger partial charge in [-0.3, -0.25) is 0 Å². The van der Waals surface area contributed by atoms with Gasteiger partial charge in [-0.05, 0) is 36.4 Å². The molecule has 0 fully saturated rings. The fraction of sp³-hybridized carbons (Fsp3) is 0.105. The Labute approximate surface area is 168 Å². The molecule has 0 saturated carbocycles. The highest BCUT2D eigenvalue weighted by Crippen LogP contribution is 2.29. The van der Waals surface area contributed by atoms with Crippen LogP contribution in [0.15, 0.2) is 63.6 Å². The Hall–Kier alpha value is -2.91. The number of nitrogens with one attached hydrogen (secondary N) is 1. The van der Waals surface area contributed by atoms with Gasteiger partial charge in [0.25, 0.3) is 11.1 Å². The second-order valence-electron chi connectivity index (χ2n) is 5.64. The van der Waals surface area contributed by atoms with Gasteiger partial charge in [0, 0.05) is 16.8 Å². The van der Waals surface area contributed by atoms with Gasteiger partial charge in [0.2, 0.25) is 0 Å². The molecule has 6 nitrogen and oxygen atoms in total. The minimum absolute atomic E-state index is 0.167. The van der Waals surface area contributed by atoms with Crippen molar-refractivity contribution in [3.63, 3.8) is 0 Å². The highest BCUT2D eigenvalue weighted by molar-refractivity contribution is 7.98. The number of ether oxygens (including phenoxy) is 1. The SMILES string of the molecule is COc1ccc(Nc2nc(CSc3nnc(-c4ccccc4F)o3)cs2)cc1. The lowest BCUT2D eigenvalue weighted by Crippen LogP contribution is -1.90. The molecule has 0 atom stereocenters. The van der Waals surface area contributed by atoms with Gasteiger partial charge < -0.3 is 14.5 Å². The van der Waals surface area contributed by atoms with E-state index in [1.54, 1.807) is 25.3 Å². The first-order valence-electron chi connectivity index (χ1n) is 8.28.